The first-order chi connectivity index (χ1) is 15.5. The molecule has 32 heavy (non-hydrogen) atoms. The van der Waals surface area contributed by atoms with Gasteiger partial charge >= 0.3 is 5.97 Å². The van der Waals surface area contributed by atoms with Crippen molar-refractivity contribution in [1.82, 2.24) is 9.55 Å². The van der Waals surface area contributed by atoms with E-state index in [0.717, 1.165) is 0 Å². The molecule has 0 amide bonds. The molecular weight excluding hydrogens is 408 g/mol. The number of aromatic hydroxyl groups is 2. The molecule has 0 atom stereocenters. The van der Waals surface area contributed by atoms with Crippen molar-refractivity contribution < 1.29 is 24.5 Å². The predicted molar refractivity (Wildman–Crippen MR) is 118 cm³/mol. The zero-order valence-corrected chi connectivity index (χ0v) is 17.2. The third-order valence-electron chi connectivity index (χ3n) is 4.96. The first-order valence-electron chi connectivity index (χ1n) is 9.97. The number of pyridine rings is 1. The highest BCUT2D eigenvalue weighted by Crippen LogP contribution is 2.43. The molecule has 2 N–H and O–H groups in total. The summed E-state index contributed by atoms with van der Waals surface area (Å²) in [6, 6.07) is 18.5. The van der Waals surface area contributed by atoms with E-state index in [9.17, 15) is 19.8 Å². The summed E-state index contributed by atoms with van der Waals surface area (Å²) in [6.07, 6.45) is 2.95. The van der Waals surface area contributed by atoms with E-state index in [-0.39, 0.29) is 17.7 Å². The molecule has 0 aliphatic carbocycles. The van der Waals surface area contributed by atoms with Gasteiger partial charge in [0.1, 0.15) is 0 Å². The van der Waals surface area contributed by atoms with Crippen LogP contribution in [0.15, 0.2) is 79.1 Å². The van der Waals surface area contributed by atoms with Crippen molar-refractivity contribution >= 4 is 11.8 Å². The van der Waals surface area contributed by atoms with Crippen molar-refractivity contribution in [2.45, 2.75) is 6.92 Å². The molecule has 0 fully saturated rings. The fraction of sp³-hybridized carbons (Fsp3) is 0.0800. The molecule has 4 rings (SSSR count). The number of ether oxygens (including phenoxy) is 1. The largest absolute Gasteiger partial charge is 0.503 e. The summed E-state index contributed by atoms with van der Waals surface area (Å²) < 4.78 is 6.39. The lowest BCUT2D eigenvalue weighted by atomic mass is 10.00. The first-order valence-corrected chi connectivity index (χ1v) is 9.97. The maximum absolute atomic E-state index is 13.3. The number of carbonyl (C=O) groups excluding carboxylic acids is 2. The monoisotopic (exact) mass is 428 g/mol. The minimum absolute atomic E-state index is 0.0452. The third kappa shape index (κ3) is 3.72. The van der Waals surface area contributed by atoms with E-state index in [4.69, 9.17) is 4.74 Å². The van der Waals surface area contributed by atoms with Crippen molar-refractivity contribution in [3.05, 3.63) is 95.8 Å². The molecule has 0 radical (unpaired) electrons. The Balaban J connectivity index is 1.92. The number of hydrogen-bond acceptors (Lipinski definition) is 6. The first kappa shape index (κ1) is 20.9. The van der Waals surface area contributed by atoms with E-state index in [2.05, 4.69) is 4.98 Å². The maximum atomic E-state index is 13.3. The molecule has 2 aromatic carbocycles. The highest BCUT2D eigenvalue weighted by molar-refractivity contribution is 6.15. The quantitative estimate of drug-likeness (QED) is 0.350. The highest BCUT2D eigenvalue weighted by atomic mass is 16.5. The summed E-state index contributed by atoms with van der Waals surface area (Å²) in [6.45, 7) is 1.98. The molecule has 0 bridgehead atoms. The third-order valence-corrected chi connectivity index (χ3v) is 4.96. The van der Waals surface area contributed by atoms with Gasteiger partial charge in [0, 0.05) is 23.6 Å². The number of carbonyl (C=O) groups is 2. The van der Waals surface area contributed by atoms with E-state index >= 15 is 0 Å². The summed E-state index contributed by atoms with van der Waals surface area (Å²) in [5.41, 5.74) is 1.96. The highest BCUT2D eigenvalue weighted by Gasteiger charge is 2.29. The minimum atomic E-state index is -0.535. The molecule has 2 aromatic heterocycles. The number of rotatable bonds is 6. The number of hydrogen-bond donors (Lipinski definition) is 2. The lowest BCUT2D eigenvalue weighted by Gasteiger charge is -2.12. The van der Waals surface area contributed by atoms with Gasteiger partial charge in [-0.25, -0.2) is 4.79 Å². The van der Waals surface area contributed by atoms with Gasteiger partial charge in [0.05, 0.1) is 23.4 Å². The number of esters is 1. The second-order valence-electron chi connectivity index (χ2n) is 6.94. The topological polar surface area (TPSA) is 102 Å². The molecule has 0 spiro atoms. The van der Waals surface area contributed by atoms with E-state index in [1.165, 1.54) is 10.8 Å². The Hall–Kier alpha value is -4.39. The minimum Gasteiger partial charge on any atom is -0.503 e. The summed E-state index contributed by atoms with van der Waals surface area (Å²) in [5, 5.41) is 21.6. The Morgan fingerprint density at radius 1 is 0.938 bits per heavy atom. The van der Waals surface area contributed by atoms with E-state index in [1.807, 2.05) is 6.07 Å². The van der Waals surface area contributed by atoms with Crippen molar-refractivity contribution in [3.63, 3.8) is 0 Å². The molecule has 0 unspecified atom stereocenters. The Bertz CT molecular complexity index is 1260. The molecule has 7 heteroatoms. The predicted octanol–water partition coefficient (Wildman–Crippen LogP) is 4.36. The average molecular weight is 428 g/mol. The molecule has 0 aliphatic heterocycles. The van der Waals surface area contributed by atoms with Crippen LogP contribution in [0.3, 0.4) is 0 Å². The van der Waals surface area contributed by atoms with E-state index in [0.29, 0.717) is 22.5 Å². The zero-order valence-electron chi connectivity index (χ0n) is 17.2. The van der Waals surface area contributed by atoms with Crippen molar-refractivity contribution in [2.24, 2.45) is 0 Å². The van der Waals surface area contributed by atoms with Crippen LogP contribution in [-0.2, 0) is 4.74 Å². The van der Waals surface area contributed by atoms with E-state index < -0.39 is 23.4 Å². The number of nitrogens with zero attached hydrogens (tertiary/aromatic N) is 2. The van der Waals surface area contributed by atoms with Crippen LogP contribution >= 0.6 is 0 Å². The molecule has 4 aromatic rings. The molecule has 160 valence electrons. The average Bonchev–Trinajstić information content (AvgIpc) is 3.10. The Morgan fingerprint density at radius 2 is 1.66 bits per heavy atom. The Morgan fingerprint density at radius 3 is 2.28 bits per heavy atom. The van der Waals surface area contributed by atoms with Gasteiger partial charge in [-0.1, -0.05) is 30.3 Å². The van der Waals surface area contributed by atoms with Crippen LogP contribution in [0, 0.1) is 0 Å². The van der Waals surface area contributed by atoms with Crippen LogP contribution in [0.2, 0.25) is 0 Å². The lowest BCUT2D eigenvalue weighted by Crippen LogP contribution is -2.06. The smallest absolute Gasteiger partial charge is 0.338 e. The van der Waals surface area contributed by atoms with Gasteiger partial charge in [-0.15, -0.1) is 0 Å². The number of ketones is 1. The van der Waals surface area contributed by atoms with Crippen LogP contribution in [0.5, 0.6) is 11.6 Å². The van der Waals surface area contributed by atoms with Crippen LogP contribution in [0.25, 0.3) is 16.9 Å². The Labute approximate surface area is 184 Å². The summed E-state index contributed by atoms with van der Waals surface area (Å²) in [5.74, 6) is -1.96. The van der Waals surface area contributed by atoms with Gasteiger partial charge in [-0.05, 0) is 48.9 Å². The second-order valence-corrected chi connectivity index (χ2v) is 6.94. The molecule has 0 saturated carbocycles. The van der Waals surface area contributed by atoms with Gasteiger partial charge in [-0.3, -0.25) is 14.3 Å². The summed E-state index contributed by atoms with van der Waals surface area (Å²) >= 11 is 0. The molecule has 0 aliphatic rings. The van der Waals surface area contributed by atoms with E-state index in [1.54, 1.807) is 73.8 Å². The zero-order chi connectivity index (χ0) is 22.7. The van der Waals surface area contributed by atoms with Crippen molar-refractivity contribution in [2.75, 3.05) is 6.61 Å². The molecule has 2 heterocycles. The number of benzene rings is 2. The van der Waals surface area contributed by atoms with Crippen LogP contribution in [0.1, 0.15) is 33.2 Å². The van der Waals surface area contributed by atoms with Crippen LogP contribution < -0.4 is 0 Å². The van der Waals surface area contributed by atoms with Crippen molar-refractivity contribution in [3.8, 4) is 28.6 Å². The standard InChI is InChI=1S/C25H20N2O5/c1-2-32-25(31)17-10-12-19(13-11-17)27-21(16-7-4-3-5-8-16)20(23(29)24(27)30)22(28)18-9-6-14-26-15-18/h3-15,29-30H,2H2,1H3. The molecular formula is C25H20N2O5. The fourth-order valence-corrected chi connectivity index (χ4v) is 3.49. The second kappa shape index (κ2) is 8.77. The van der Waals surface area contributed by atoms with Gasteiger partial charge in [0.2, 0.25) is 11.7 Å². The van der Waals surface area contributed by atoms with Crippen molar-refractivity contribution in [1.29, 1.82) is 0 Å². The number of aromatic nitrogens is 2. The fourth-order valence-electron chi connectivity index (χ4n) is 3.49. The van der Waals surface area contributed by atoms with Gasteiger partial charge in [0.15, 0.2) is 5.75 Å². The Kier molecular flexibility index (Phi) is 5.72. The van der Waals surface area contributed by atoms with Gasteiger partial charge < -0.3 is 14.9 Å². The summed E-state index contributed by atoms with van der Waals surface area (Å²) in [4.78, 5) is 29.2. The normalized spacial score (nSPS) is 10.7. The molecule has 7 nitrogen and oxygen atoms in total. The van der Waals surface area contributed by atoms with Crippen LogP contribution in [0.4, 0.5) is 0 Å². The molecule has 0 saturated heterocycles. The lowest BCUT2D eigenvalue weighted by molar-refractivity contribution is 0.0526. The van der Waals surface area contributed by atoms with Gasteiger partial charge in [-0.2, -0.15) is 0 Å². The maximum Gasteiger partial charge on any atom is 0.338 e. The van der Waals surface area contributed by atoms with Crippen LogP contribution in [-0.4, -0.2) is 38.1 Å². The summed E-state index contributed by atoms with van der Waals surface area (Å²) in [7, 11) is 0. The van der Waals surface area contributed by atoms with Gasteiger partial charge in [0.25, 0.3) is 0 Å². The SMILES string of the molecule is CCOC(=O)c1ccc(-n2c(O)c(O)c(C(=O)c3cccnc3)c2-c2ccccc2)cc1.